The Labute approximate surface area is 100 Å². The van der Waals surface area contributed by atoms with Crippen molar-refractivity contribution in [2.75, 3.05) is 19.6 Å². The first-order valence-electron chi connectivity index (χ1n) is 5.83. The summed E-state index contributed by atoms with van der Waals surface area (Å²) in [6.45, 7) is 2.98. The van der Waals surface area contributed by atoms with Gasteiger partial charge in [-0.05, 0) is 54.2 Å². The van der Waals surface area contributed by atoms with Gasteiger partial charge in [-0.25, -0.2) is 0 Å². The molecule has 16 heavy (non-hydrogen) atoms. The molecule has 0 aliphatic carbocycles. The summed E-state index contributed by atoms with van der Waals surface area (Å²) in [4.78, 5) is 11.6. The molecule has 0 aromatic carbocycles. The second-order valence-corrected chi connectivity index (χ2v) is 5.10. The summed E-state index contributed by atoms with van der Waals surface area (Å²) in [7, 11) is 0. The highest BCUT2D eigenvalue weighted by atomic mass is 32.1. The SMILES string of the molecule is O=C(Cc1ccsc1)NC[C@H]1CCCNC1. The van der Waals surface area contributed by atoms with Crippen LogP contribution in [0, 0.1) is 5.92 Å². The first kappa shape index (κ1) is 11.6. The maximum absolute atomic E-state index is 11.6. The van der Waals surface area contributed by atoms with Gasteiger partial charge >= 0.3 is 0 Å². The minimum atomic E-state index is 0.143. The molecule has 1 atom stereocenters. The maximum Gasteiger partial charge on any atom is 0.224 e. The number of hydrogen-bond acceptors (Lipinski definition) is 3. The molecule has 3 nitrogen and oxygen atoms in total. The third kappa shape index (κ3) is 3.61. The molecule has 0 radical (unpaired) electrons. The monoisotopic (exact) mass is 238 g/mol. The molecule has 2 heterocycles. The Balaban J connectivity index is 1.67. The normalized spacial score (nSPS) is 20.6. The van der Waals surface area contributed by atoms with Gasteiger partial charge in [-0.15, -0.1) is 0 Å². The van der Waals surface area contributed by atoms with Crippen molar-refractivity contribution in [1.29, 1.82) is 0 Å². The van der Waals surface area contributed by atoms with Gasteiger partial charge in [0.25, 0.3) is 0 Å². The van der Waals surface area contributed by atoms with Crippen molar-refractivity contribution in [2.24, 2.45) is 5.92 Å². The van der Waals surface area contributed by atoms with Gasteiger partial charge in [0.1, 0.15) is 0 Å². The Morgan fingerprint density at radius 1 is 1.62 bits per heavy atom. The highest BCUT2D eigenvalue weighted by Crippen LogP contribution is 2.09. The summed E-state index contributed by atoms with van der Waals surface area (Å²) in [5, 5.41) is 10.4. The fourth-order valence-corrected chi connectivity index (χ4v) is 2.67. The number of carbonyl (C=O) groups is 1. The first-order chi connectivity index (χ1) is 7.84. The molecular formula is C12H18N2OS. The Bertz CT molecular complexity index is 318. The average Bonchev–Trinajstić information content (AvgIpc) is 2.81. The summed E-state index contributed by atoms with van der Waals surface area (Å²) in [5.74, 6) is 0.754. The number of amides is 1. The van der Waals surface area contributed by atoms with Gasteiger partial charge in [0.05, 0.1) is 6.42 Å². The van der Waals surface area contributed by atoms with E-state index in [9.17, 15) is 4.79 Å². The summed E-state index contributed by atoms with van der Waals surface area (Å²) < 4.78 is 0. The van der Waals surface area contributed by atoms with E-state index in [2.05, 4.69) is 10.6 Å². The van der Waals surface area contributed by atoms with E-state index in [0.717, 1.165) is 25.2 Å². The van der Waals surface area contributed by atoms with Crippen LogP contribution in [0.5, 0.6) is 0 Å². The topological polar surface area (TPSA) is 41.1 Å². The van der Waals surface area contributed by atoms with E-state index in [1.807, 2.05) is 16.8 Å². The van der Waals surface area contributed by atoms with Gasteiger partial charge in [-0.2, -0.15) is 11.3 Å². The van der Waals surface area contributed by atoms with Gasteiger partial charge in [-0.3, -0.25) is 4.79 Å². The first-order valence-corrected chi connectivity index (χ1v) is 6.77. The molecule has 0 saturated carbocycles. The lowest BCUT2D eigenvalue weighted by molar-refractivity contribution is -0.120. The highest BCUT2D eigenvalue weighted by molar-refractivity contribution is 7.07. The van der Waals surface area contributed by atoms with E-state index in [1.54, 1.807) is 11.3 Å². The summed E-state index contributed by atoms with van der Waals surface area (Å²) in [5.41, 5.74) is 1.12. The van der Waals surface area contributed by atoms with E-state index in [1.165, 1.54) is 12.8 Å². The largest absolute Gasteiger partial charge is 0.355 e. The van der Waals surface area contributed by atoms with Gasteiger partial charge in [-0.1, -0.05) is 0 Å². The molecule has 1 aliphatic heterocycles. The second kappa shape index (κ2) is 6.01. The van der Waals surface area contributed by atoms with Gasteiger partial charge < -0.3 is 10.6 Å². The molecule has 1 aromatic heterocycles. The molecule has 0 bridgehead atoms. The van der Waals surface area contributed by atoms with Crippen LogP contribution in [0.2, 0.25) is 0 Å². The van der Waals surface area contributed by atoms with Crippen LogP contribution in [-0.2, 0) is 11.2 Å². The van der Waals surface area contributed by atoms with Crippen LogP contribution in [0.4, 0.5) is 0 Å². The van der Waals surface area contributed by atoms with Crippen molar-refractivity contribution >= 4 is 17.2 Å². The fourth-order valence-electron chi connectivity index (χ4n) is 2.00. The molecule has 0 unspecified atom stereocenters. The quantitative estimate of drug-likeness (QED) is 0.832. The van der Waals surface area contributed by atoms with Crippen molar-refractivity contribution in [3.63, 3.8) is 0 Å². The Kier molecular flexibility index (Phi) is 4.36. The number of hydrogen-bond donors (Lipinski definition) is 2. The summed E-state index contributed by atoms with van der Waals surface area (Å²) in [6.07, 6.45) is 2.97. The third-order valence-corrected chi connectivity index (χ3v) is 3.66. The van der Waals surface area contributed by atoms with Crippen LogP contribution in [-0.4, -0.2) is 25.5 Å². The van der Waals surface area contributed by atoms with Gasteiger partial charge in [0.15, 0.2) is 0 Å². The van der Waals surface area contributed by atoms with Crippen LogP contribution >= 0.6 is 11.3 Å². The van der Waals surface area contributed by atoms with E-state index in [0.29, 0.717) is 12.3 Å². The highest BCUT2D eigenvalue weighted by Gasteiger charge is 2.13. The third-order valence-electron chi connectivity index (χ3n) is 2.93. The Hall–Kier alpha value is -0.870. The van der Waals surface area contributed by atoms with E-state index in [-0.39, 0.29) is 5.91 Å². The minimum Gasteiger partial charge on any atom is -0.355 e. The van der Waals surface area contributed by atoms with Crippen molar-refractivity contribution in [1.82, 2.24) is 10.6 Å². The molecule has 0 spiro atoms. The van der Waals surface area contributed by atoms with Crippen molar-refractivity contribution < 1.29 is 4.79 Å². The predicted molar refractivity (Wildman–Crippen MR) is 66.6 cm³/mol. The Morgan fingerprint density at radius 2 is 2.56 bits per heavy atom. The zero-order chi connectivity index (χ0) is 11.2. The van der Waals surface area contributed by atoms with Crippen molar-refractivity contribution in [2.45, 2.75) is 19.3 Å². The van der Waals surface area contributed by atoms with Gasteiger partial charge in [0.2, 0.25) is 5.91 Å². The van der Waals surface area contributed by atoms with Crippen LogP contribution in [0.15, 0.2) is 16.8 Å². The second-order valence-electron chi connectivity index (χ2n) is 4.32. The number of carbonyl (C=O) groups excluding carboxylic acids is 1. The molecule has 1 aliphatic rings. The fraction of sp³-hybridized carbons (Fsp3) is 0.583. The van der Waals surface area contributed by atoms with Crippen LogP contribution in [0.1, 0.15) is 18.4 Å². The van der Waals surface area contributed by atoms with Crippen molar-refractivity contribution in [3.05, 3.63) is 22.4 Å². The van der Waals surface area contributed by atoms with E-state index < -0.39 is 0 Å². The van der Waals surface area contributed by atoms with Gasteiger partial charge in [0, 0.05) is 6.54 Å². The molecule has 1 fully saturated rings. The average molecular weight is 238 g/mol. The lowest BCUT2D eigenvalue weighted by Crippen LogP contribution is -2.38. The molecule has 1 aromatic rings. The summed E-state index contributed by atoms with van der Waals surface area (Å²) >= 11 is 1.64. The summed E-state index contributed by atoms with van der Waals surface area (Å²) in [6, 6.07) is 2.01. The number of piperidine rings is 1. The van der Waals surface area contributed by atoms with Crippen LogP contribution in [0.3, 0.4) is 0 Å². The number of thiophene rings is 1. The van der Waals surface area contributed by atoms with E-state index in [4.69, 9.17) is 0 Å². The van der Waals surface area contributed by atoms with Crippen LogP contribution in [0.25, 0.3) is 0 Å². The lowest BCUT2D eigenvalue weighted by Gasteiger charge is -2.22. The number of nitrogens with one attached hydrogen (secondary N) is 2. The minimum absolute atomic E-state index is 0.143. The standard InChI is InChI=1S/C12H18N2OS/c15-12(6-10-3-5-16-9-10)14-8-11-2-1-4-13-7-11/h3,5,9,11,13H,1-2,4,6-8H2,(H,14,15)/t11-/m0/s1. The molecule has 88 valence electrons. The lowest BCUT2D eigenvalue weighted by atomic mass is 10.00. The Morgan fingerprint density at radius 3 is 3.25 bits per heavy atom. The van der Waals surface area contributed by atoms with E-state index >= 15 is 0 Å². The number of rotatable bonds is 4. The molecule has 4 heteroatoms. The predicted octanol–water partition coefficient (Wildman–Crippen LogP) is 1.41. The molecule has 1 amide bonds. The molecule has 1 saturated heterocycles. The zero-order valence-corrected chi connectivity index (χ0v) is 10.2. The molecular weight excluding hydrogens is 220 g/mol. The van der Waals surface area contributed by atoms with Crippen LogP contribution < -0.4 is 10.6 Å². The molecule has 2 rings (SSSR count). The zero-order valence-electron chi connectivity index (χ0n) is 9.37. The maximum atomic E-state index is 11.6. The smallest absolute Gasteiger partial charge is 0.224 e. The van der Waals surface area contributed by atoms with Crippen molar-refractivity contribution in [3.8, 4) is 0 Å². The molecule has 2 N–H and O–H groups in total.